The van der Waals surface area contributed by atoms with Crippen molar-refractivity contribution in [3.05, 3.63) is 34.6 Å². The van der Waals surface area contributed by atoms with Gasteiger partial charge >= 0.3 is 6.09 Å². The lowest BCUT2D eigenvalue weighted by Crippen LogP contribution is -2.53. The van der Waals surface area contributed by atoms with Crippen molar-refractivity contribution in [2.45, 2.75) is 32.4 Å². The number of hydrogen-bond acceptors (Lipinski definition) is 4. The number of Topliss-reactive ketones (excluding diaryl/α,β-unsaturated/α-hetero) is 1. The molecule has 0 aromatic heterocycles. The van der Waals surface area contributed by atoms with Crippen LogP contribution in [0.5, 0.6) is 0 Å². The predicted molar refractivity (Wildman–Crippen MR) is 83.3 cm³/mol. The summed E-state index contributed by atoms with van der Waals surface area (Å²) in [5.74, 6) is -1.04. The Morgan fingerprint density at radius 1 is 1.39 bits per heavy atom. The van der Waals surface area contributed by atoms with Gasteiger partial charge in [0, 0.05) is 12.1 Å². The van der Waals surface area contributed by atoms with Crippen molar-refractivity contribution < 1.29 is 23.5 Å². The summed E-state index contributed by atoms with van der Waals surface area (Å²) in [4.78, 5) is 26.3. The van der Waals surface area contributed by atoms with Crippen molar-refractivity contribution in [2.75, 3.05) is 19.8 Å². The van der Waals surface area contributed by atoms with Crippen molar-refractivity contribution in [1.82, 2.24) is 4.90 Å². The maximum atomic E-state index is 13.4. The van der Waals surface area contributed by atoms with Gasteiger partial charge in [0.15, 0.2) is 5.78 Å². The Morgan fingerprint density at radius 3 is 2.74 bits per heavy atom. The van der Waals surface area contributed by atoms with E-state index in [0.29, 0.717) is 6.61 Å². The molecule has 0 bridgehead atoms. The number of carbonyl (C=O) groups excluding carboxylic acids is 2. The van der Waals surface area contributed by atoms with Crippen LogP contribution in [0.3, 0.4) is 0 Å². The van der Waals surface area contributed by atoms with Gasteiger partial charge in [0.25, 0.3) is 0 Å². The fourth-order valence-corrected chi connectivity index (χ4v) is 2.44. The van der Waals surface area contributed by atoms with Gasteiger partial charge < -0.3 is 9.47 Å². The first-order valence-electron chi connectivity index (χ1n) is 7.25. The first-order chi connectivity index (χ1) is 10.7. The molecule has 7 heteroatoms. The highest BCUT2D eigenvalue weighted by Crippen LogP contribution is 2.23. The first-order valence-corrected chi connectivity index (χ1v) is 7.63. The van der Waals surface area contributed by atoms with Crippen molar-refractivity contribution in [3.8, 4) is 0 Å². The van der Waals surface area contributed by atoms with Gasteiger partial charge in [-0.3, -0.25) is 9.69 Å². The fraction of sp³-hybridized carbons (Fsp3) is 0.500. The Labute approximate surface area is 139 Å². The minimum Gasteiger partial charge on any atom is -0.444 e. The molecule has 1 amide bonds. The molecule has 23 heavy (non-hydrogen) atoms. The molecule has 5 nitrogen and oxygen atoms in total. The van der Waals surface area contributed by atoms with Crippen LogP contribution < -0.4 is 0 Å². The van der Waals surface area contributed by atoms with Gasteiger partial charge in [0.1, 0.15) is 17.5 Å². The van der Waals surface area contributed by atoms with E-state index in [2.05, 4.69) is 0 Å². The average Bonchev–Trinajstić information content (AvgIpc) is 2.47. The van der Waals surface area contributed by atoms with Gasteiger partial charge in [-0.05, 0) is 39.0 Å². The molecule has 0 saturated carbocycles. The van der Waals surface area contributed by atoms with Crippen LogP contribution in [0.15, 0.2) is 18.2 Å². The average molecular weight is 344 g/mol. The van der Waals surface area contributed by atoms with Gasteiger partial charge in [-0.15, -0.1) is 0 Å². The predicted octanol–water partition coefficient (Wildman–Crippen LogP) is 3.30. The van der Waals surface area contributed by atoms with Crippen molar-refractivity contribution >= 4 is 23.5 Å². The molecular formula is C16H19ClFNO4. The largest absolute Gasteiger partial charge is 0.444 e. The Bertz CT molecular complexity index is 615. The summed E-state index contributed by atoms with van der Waals surface area (Å²) in [6.07, 6.45) is -0.605. The molecule has 126 valence electrons. The highest BCUT2D eigenvalue weighted by Gasteiger charge is 2.36. The molecule has 0 aliphatic carbocycles. The SMILES string of the molecule is CC(C)(C)OC(=O)N1CCOCC1C(=O)c1cc(F)ccc1Cl. The quantitative estimate of drug-likeness (QED) is 0.773. The molecule has 1 aliphatic heterocycles. The smallest absolute Gasteiger partial charge is 0.411 e. The number of ketones is 1. The third-order valence-electron chi connectivity index (χ3n) is 3.25. The van der Waals surface area contributed by atoms with Crippen LogP contribution in [0.25, 0.3) is 0 Å². The third kappa shape index (κ3) is 4.42. The van der Waals surface area contributed by atoms with E-state index in [9.17, 15) is 14.0 Å². The fourth-order valence-electron chi connectivity index (χ4n) is 2.23. The number of morpholine rings is 1. The molecule has 1 aromatic carbocycles. The van der Waals surface area contributed by atoms with E-state index in [1.807, 2.05) is 0 Å². The zero-order chi connectivity index (χ0) is 17.2. The summed E-state index contributed by atoms with van der Waals surface area (Å²) in [5.41, 5.74) is -0.657. The Morgan fingerprint density at radius 2 is 2.09 bits per heavy atom. The summed E-state index contributed by atoms with van der Waals surface area (Å²) in [7, 11) is 0. The van der Waals surface area contributed by atoms with E-state index in [1.54, 1.807) is 20.8 Å². The summed E-state index contributed by atoms with van der Waals surface area (Å²) in [6.45, 7) is 5.77. The van der Waals surface area contributed by atoms with E-state index in [-0.39, 0.29) is 23.7 Å². The number of hydrogen-bond donors (Lipinski definition) is 0. The van der Waals surface area contributed by atoms with Crippen LogP contribution in [-0.4, -0.2) is 48.2 Å². The topological polar surface area (TPSA) is 55.8 Å². The summed E-state index contributed by atoms with van der Waals surface area (Å²) >= 11 is 5.98. The lowest BCUT2D eigenvalue weighted by Gasteiger charge is -2.35. The third-order valence-corrected chi connectivity index (χ3v) is 3.58. The Balaban J connectivity index is 2.25. The summed E-state index contributed by atoms with van der Waals surface area (Å²) in [5, 5.41) is 0.131. The summed E-state index contributed by atoms with van der Waals surface area (Å²) in [6, 6.07) is 2.65. The van der Waals surface area contributed by atoms with E-state index in [4.69, 9.17) is 21.1 Å². The maximum absolute atomic E-state index is 13.4. The minimum absolute atomic E-state index is 0.0188. The van der Waals surface area contributed by atoms with Crippen LogP contribution in [0, 0.1) is 5.82 Å². The zero-order valence-corrected chi connectivity index (χ0v) is 14.0. The van der Waals surface area contributed by atoms with Gasteiger partial charge in [-0.2, -0.15) is 0 Å². The van der Waals surface area contributed by atoms with Crippen LogP contribution >= 0.6 is 11.6 Å². The van der Waals surface area contributed by atoms with E-state index in [1.165, 1.54) is 17.0 Å². The number of amides is 1. The number of carbonyl (C=O) groups is 2. The van der Waals surface area contributed by atoms with Crippen LogP contribution in [0.4, 0.5) is 9.18 Å². The van der Waals surface area contributed by atoms with Gasteiger partial charge in [0.2, 0.25) is 0 Å². The molecule has 0 N–H and O–H groups in total. The van der Waals surface area contributed by atoms with Crippen LogP contribution in [0.2, 0.25) is 5.02 Å². The van der Waals surface area contributed by atoms with Crippen LogP contribution in [-0.2, 0) is 9.47 Å². The van der Waals surface area contributed by atoms with E-state index >= 15 is 0 Å². The Hall–Kier alpha value is -1.66. The monoisotopic (exact) mass is 343 g/mol. The number of ether oxygens (including phenoxy) is 2. The molecule has 1 atom stereocenters. The first kappa shape index (κ1) is 17.7. The zero-order valence-electron chi connectivity index (χ0n) is 13.3. The minimum atomic E-state index is -0.891. The number of halogens is 2. The molecule has 1 unspecified atom stereocenters. The second kappa shape index (κ2) is 6.84. The highest BCUT2D eigenvalue weighted by atomic mass is 35.5. The molecule has 0 radical (unpaired) electrons. The normalized spacial score (nSPS) is 18.7. The molecule has 1 saturated heterocycles. The lowest BCUT2D eigenvalue weighted by molar-refractivity contribution is -0.0265. The van der Waals surface area contributed by atoms with Crippen molar-refractivity contribution in [1.29, 1.82) is 0 Å². The number of nitrogens with zero attached hydrogens (tertiary/aromatic N) is 1. The second-order valence-corrected chi connectivity index (χ2v) is 6.66. The molecule has 1 aliphatic rings. The highest BCUT2D eigenvalue weighted by molar-refractivity contribution is 6.34. The Kier molecular flexibility index (Phi) is 5.26. The maximum Gasteiger partial charge on any atom is 0.411 e. The summed E-state index contributed by atoms with van der Waals surface area (Å²) < 4.78 is 24.0. The van der Waals surface area contributed by atoms with Crippen molar-refractivity contribution in [3.63, 3.8) is 0 Å². The molecule has 1 heterocycles. The molecular weight excluding hydrogens is 325 g/mol. The van der Waals surface area contributed by atoms with Gasteiger partial charge in [-0.25, -0.2) is 9.18 Å². The van der Waals surface area contributed by atoms with Gasteiger partial charge in [0.05, 0.1) is 18.2 Å². The molecule has 1 aromatic rings. The standard InChI is InChI=1S/C16H19ClFNO4/c1-16(2,3)23-15(21)19-6-7-22-9-13(19)14(20)11-8-10(18)4-5-12(11)17/h4-5,8,13H,6-7,9H2,1-3H3. The van der Waals surface area contributed by atoms with Gasteiger partial charge in [-0.1, -0.05) is 11.6 Å². The van der Waals surface area contributed by atoms with E-state index in [0.717, 1.165) is 6.07 Å². The molecule has 2 rings (SSSR count). The number of rotatable bonds is 2. The second-order valence-electron chi connectivity index (χ2n) is 6.25. The van der Waals surface area contributed by atoms with Crippen LogP contribution in [0.1, 0.15) is 31.1 Å². The molecule has 0 spiro atoms. The number of benzene rings is 1. The lowest BCUT2D eigenvalue weighted by atomic mass is 10.0. The molecule has 1 fully saturated rings. The van der Waals surface area contributed by atoms with Crippen molar-refractivity contribution in [2.24, 2.45) is 0 Å². The van der Waals surface area contributed by atoms with E-state index < -0.39 is 29.3 Å².